The normalized spacial score (nSPS) is 10.7. The average molecular weight is 461 g/mol. The maximum absolute atomic E-state index is 12.7. The van der Waals surface area contributed by atoms with Crippen LogP contribution in [0.4, 0.5) is 28.7 Å². The molecule has 0 saturated carbocycles. The topological polar surface area (TPSA) is 91.8 Å². The van der Waals surface area contributed by atoms with Gasteiger partial charge in [0.25, 0.3) is 5.91 Å². The molecule has 7 nitrogen and oxygen atoms in total. The average Bonchev–Trinajstić information content (AvgIpc) is 2.86. The molecule has 0 aliphatic rings. The number of rotatable bonds is 6. The molecule has 1 amide bonds. The number of carbonyl (C=O) groups excluding carboxylic acids is 1. The predicted molar refractivity (Wildman–Crippen MR) is 141 cm³/mol. The van der Waals surface area contributed by atoms with Gasteiger partial charge in [0.15, 0.2) is 0 Å². The molecule has 7 heteroatoms. The lowest BCUT2D eigenvalue weighted by Crippen LogP contribution is -2.13. The Labute approximate surface area is 203 Å². The highest BCUT2D eigenvalue weighted by atomic mass is 16.1. The van der Waals surface area contributed by atoms with Crippen LogP contribution >= 0.6 is 0 Å². The Kier molecular flexibility index (Phi) is 6.05. The largest absolute Gasteiger partial charge is 0.340 e. The van der Waals surface area contributed by atoms with Crippen molar-refractivity contribution in [2.24, 2.45) is 0 Å². The van der Waals surface area contributed by atoms with E-state index in [9.17, 15) is 4.79 Å². The number of aromatic nitrogens is 3. The van der Waals surface area contributed by atoms with Crippen LogP contribution in [0, 0.1) is 13.8 Å². The summed E-state index contributed by atoms with van der Waals surface area (Å²) in [5.41, 5.74) is 4.83. The summed E-state index contributed by atoms with van der Waals surface area (Å²) in [6.07, 6.45) is 0. The Morgan fingerprint density at radius 1 is 0.657 bits per heavy atom. The van der Waals surface area contributed by atoms with Crippen molar-refractivity contribution >= 4 is 45.5 Å². The number of anilines is 5. The van der Waals surface area contributed by atoms with Crippen molar-refractivity contribution in [1.29, 1.82) is 0 Å². The number of hydrogen-bond acceptors (Lipinski definition) is 6. The molecule has 3 N–H and O–H groups in total. The minimum absolute atomic E-state index is 0.255. The SMILES string of the molecule is Cc1ccc(Nc2cc(Nc3ccc(NC(=O)c4ccc5ccccc5n4)cc3)nc(C)n2)cc1. The number of fused-ring (bicyclic) bond motifs is 1. The number of aryl methyl sites for hydroxylation is 2. The lowest BCUT2D eigenvalue weighted by atomic mass is 10.2. The van der Waals surface area contributed by atoms with Crippen molar-refractivity contribution in [1.82, 2.24) is 15.0 Å². The molecule has 0 bridgehead atoms. The van der Waals surface area contributed by atoms with Crippen LogP contribution in [0.3, 0.4) is 0 Å². The third-order valence-electron chi connectivity index (χ3n) is 5.41. The smallest absolute Gasteiger partial charge is 0.274 e. The van der Waals surface area contributed by atoms with E-state index in [-0.39, 0.29) is 5.91 Å². The fraction of sp³-hybridized carbons (Fsp3) is 0.0714. The van der Waals surface area contributed by atoms with Crippen LogP contribution in [0.15, 0.2) is 91.0 Å². The van der Waals surface area contributed by atoms with Gasteiger partial charge >= 0.3 is 0 Å². The molecule has 3 aromatic carbocycles. The van der Waals surface area contributed by atoms with E-state index in [1.165, 1.54) is 5.56 Å². The molecular formula is C28H24N6O. The van der Waals surface area contributed by atoms with Gasteiger partial charge in [-0.05, 0) is 62.4 Å². The maximum Gasteiger partial charge on any atom is 0.274 e. The zero-order chi connectivity index (χ0) is 24.2. The first-order valence-electron chi connectivity index (χ1n) is 11.3. The molecule has 0 atom stereocenters. The van der Waals surface area contributed by atoms with Crippen molar-refractivity contribution in [3.8, 4) is 0 Å². The molecule has 0 aliphatic heterocycles. The first kappa shape index (κ1) is 22.0. The molecule has 0 aliphatic carbocycles. The molecule has 172 valence electrons. The second-order valence-electron chi connectivity index (χ2n) is 8.22. The van der Waals surface area contributed by atoms with Crippen molar-refractivity contribution < 1.29 is 4.79 Å². The Morgan fingerprint density at radius 2 is 1.26 bits per heavy atom. The number of amides is 1. The zero-order valence-electron chi connectivity index (χ0n) is 19.4. The van der Waals surface area contributed by atoms with Crippen LogP contribution in [0.5, 0.6) is 0 Å². The van der Waals surface area contributed by atoms with Gasteiger partial charge in [-0.2, -0.15) is 0 Å². The Bertz CT molecular complexity index is 1500. The quantitative estimate of drug-likeness (QED) is 0.272. The van der Waals surface area contributed by atoms with E-state index in [1.807, 2.05) is 91.9 Å². The number of para-hydroxylation sites is 1. The first-order valence-corrected chi connectivity index (χ1v) is 11.3. The number of carbonyl (C=O) groups is 1. The van der Waals surface area contributed by atoms with Gasteiger partial charge in [-0.3, -0.25) is 4.79 Å². The molecule has 0 saturated heterocycles. The van der Waals surface area contributed by atoms with E-state index in [4.69, 9.17) is 0 Å². The Balaban J connectivity index is 1.26. The highest BCUT2D eigenvalue weighted by Crippen LogP contribution is 2.22. The van der Waals surface area contributed by atoms with Crippen molar-refractivity contribution in [2.75, 3.05) is 16.0 Å². The highest BCUT2D eigenvalue weighted by molar-refractivity contribution is 6.04. The summed E-state index contributed by atoms with van der Waals surface area (Å²) in [5, 5.41) is 10.5. The van der Waals surface area contributed by atoms with Gasteiger partial charge in [0.05, 0.1) is 5.52 Å². The van der Waals surface area contributed by atoms with Crippen molar-refractivity contribution in [3.63, 3.8) is 0 Å². The lowest BCUT2D eigenvalue weighted by Gasteiger charge is -2.11. The van der Waals surface area contributed by atoms with Gasteiger partial charge in [-0.1, -0.05) is 42.0 Å². The van der Waals surface area contributed by atoms with Gasteiger partial charge < -0.3 is 16.0 Å². The Morgan fingerprint density at radius 3 is 1.94 bits per heavy atom. The van der Waals surface area contributed by atoms with E-state index in [2.05, 4.69) is 37.8 Å². The Hall–Kier alpha value is -4.78. The minimum atomic E-state index is -0.255. The molecule has 0 unspecified atom stereocenters. The summed E-state index contributed by atoms with van der Waals surface area (Å²) >= 11 is 0. The fourth-order valence-corrected chi connectivity index (χ4v) is 3.65. The van der Waals surface area contributed by atoms with Crippen molar-refractivity contribution in [2.45, 2.75) is 13.8 Å². The molecule has 35 heavy (non-hydrogen) atoms. The molecule has 5 rings (SSSR count). The number of pyridine rings is 1. The second-order valence-corrected chi connectivity index (χ2v) is 8.22. The van der Waals surface area contributed by atoms with Crippen LogP contribution in [0.1, 0.15) is 21.9 Å². The predicted octanol–water partition coefficient (Wildman–Crippen LogP) is 6.38. The number of nitrogens with zero attached hydrogens (tertiary/aromatic N) is 3. The van der Waals surface area contributed by atoms with E-state index < -0.39 is 0 Å². The molecule has 0 radical (unpaired) electrons. The molecular weight excluding hydrogens is 436 g/mol. The van der Waals surface area contributed by atoms with E-state index in [0.717, 1.165) is 22.3 Å². The minimum Gasteiger partial charge on any atom is -0.340 e. The first-order chi connectivity index (χ1) is 17.0. The molecule has 0 fully saturated rings. The maximum atomic E-state index is 12.7. The highest BCUT2D eigenvalue weighted by Gasteiger charge is 2.09. The van der Waals surface area contributed by atoms with Crippen LogP contribution in [-0.2, 0) is 0 Å². The monoisotopic (exact) mass is 460 g/mol. The molecule has 5 aromatic rings. The number of nitrogens with one attached hydrogen (secondary N) is 3. The summed E-state index contributed by atoms with van der Waals surface area (Å²) in [6, 6.07) is 28.8. The third kappa shape index (κ3) is 5.42. The van der Waals surface area contributed by atoms with E-state index in [0.29, 0.717) is 28.8 Å². The summed E-state index contributed by atoms with van der Waals surface area (Å²) < 4.78 is 0. The summed E-state index contributed by atoms with van der Waals surface area (Å²) in [4.78, 5) is 26.1. The summed E-state index contributed by atoms with van der Waals surface area (Å²) in [5.74, 6) is 1.77. The lowest BCUT2D eigenvalue weighted by molar-refractivity contribution is 0.102. The summed E-state index contributed by atoms with van der Waals surface area (Å²) in [6.45, 7) is 3.91. The van der Waals surface area contributed by atoms with Gasteiger partial charge in [-0.15, -0.1) is 0 Å². The summed E-state index contributed by atoms with van der Waals surface area (Å²) in [7, 11) is 0. The van der Waals surface area contributed by atoms with Crippen LogP contribution in [-0.4, -0.2) is 20.9 Å². The third-order valence-corrected chi connectivity index (χ3v) is 5.41. The second kappa shape index (κ2) is 9.61. The number of benzene rings is 3. The van der Waals surface area contributed by atoms with E-state index >= 15 is 0 Å². The molecule has 0 spiro atoms. The van der Waals surface area contributed by atoms with Gasteiger partial charge in [0.1, 0.15) is 23.2 Å². The van der Waals surface area contributed by atoms with Crippen LogP contribution in [0.25, 0.3) is 10.9 Å². The number of hydrogen-bond donors (Lipinski definition) is 3. The van der Waals surface area contributed by atoms with E-state index in [1.54, 1.807) is 6.07 Å². The van der Waals surface area contributed by atoms with Gasteiger partial charge in [0, 0.05) is 28.5 Å². The fourth-order valence-electron chi connectivity index (χ4n) is 3.65. The van der Waals surface area contributed by atoms with Gasteiger partial charge in [-0.25, -0.2) is 15.0 Å². The van der Waals surface area contributed by atoms with Crippen LogP contribution < -0.4 is 16.0 Å². The zero-order valence-corrected chi connectivity index (χ0v) is 19.4. The van der Waals surface area contributed by atoms with Gasteiger partial charge in [0.2, 0.25) is 0 Å². The molecule has 2 heterocycles. The van der Waals surface area contributed by atoms with Crippen molar-refractivity contribution in [3.05, 3.63) is 108 Å². The van der Waals surface area contributed by atoms with Crippen LogP contribution in [0.2, 0.25) is 0 Å². The molecule has 2 aromatic heterocycles. The standard InChI is InChI=1S/C28H24N6O/c1-18-7-10-21(11-8-18)31-26-17-27(30-19(2)29-26)32-22-12-14-23(15-13-22)33-28(35)25-16-9-20-5-3-4-6-24(20)34-25/h3-17H,1-2H3,(H,33,35)(H2,29,30,31,32).